The second kappa shape index (κ2) is 8.11. The van der Waals surface area contributed by atoms with E-state index in [1.54, 1.807) is 0 Å². The summed E-state index contributed by atoms with van der Waals surface area (Å²) in [5, 5.41) is 3.24. The minimum absolute atomic E-state index is 0.455. The maximum absolute atomic E-state index is 3.24. The van der Waals surface area contributed by atoms with Crippen molar-refractivity contribution in [3.8, 4) is 0 Å². The zero-order valence-electron chi connectivity index (χ0n) is 13.2. The quantitative estimate of drug-likeness (QED) is 0.695. The highest BCUT2D eigenvalue weighted by molar-refractivity contribution is 4.81. The van der Waals surface area contributed by atoms with Gasteiger partial charge < -0.3 is 5.32 Å². The molecule has 0 saturated heterocycles. The molecular formula is C15H35N. The Hall–Kier alpha value is -0.0400. The molecule has 1 nitrogen and oxygen atoms in total. The Labute approximate surface area is 104 Å². The second-order valence-electron chi connectivity index (χ2n) is 6.34. The van der Waals surface area contributed by atoms with E-state index in [1.807, 2.05) is 20.9 Å². The number of hydrogen-bond acceptors (Lipinski definition) is 1. The summed E-state index contributed by atoms with van der Waals surface area (Å²) in [6, 6.07) is 0. The van der Waals surface area contributed by atoms with Crippen LogP contribution in [0.5, 0.6) is 0 Å². The standard InChI is InChI=1S/C13H29N.C2H6/c1-11(2)13(5,6)10-12(3,4)8-9-14-7;1-2/h11,14H,8-10H2,1-7H3;1-2H3. The predicted molar refractivity (Wildman–Crippen MR) is 76.9 cm³/mol. The van der Waals surface area contributed by atoms with Crippen molar-refractivity contribution in [2.75, 3.05) is 13.6 Å². The molecule has 0 aromatic carbocycles. The highest BCUT2D eigenvalue weighted by Crippen LogP contribution is 2.40. The first-order valence-corrected chi connectivity index (χ1v) is 6.86. The highest BCUT2D eigenvalue weighted by Gasteiger charge is 2.30. The van der Waals surface area contributed by atoms with E-state index in [0.717, 1.165) is 12.5 Å². The van der Waals surface area contributed by atoms with Crippen molar-refractivity contribution in [3.63, 3.8) is 0 Å². The number of hydrogen-bond donors (Lipinski definition) is 1. The maximum atomic E-state index is 3.24. The zero-order chi connectivity index (χ0) is 13.4. The normalized spacial score (nSPS) is 12.4. The van der Waals surface area contributed by atoms with Crippen LogP contribution >= 0.6 is 0 Å². The van der Waals surface area contributed by atoms with Gasteiger partial charge in [-0.15, -0.1) is 0 Å². The third-order valence-corrected chi connectivity index (χ3v) is 3.55. The molecule has 1 N–H and O–H groups in total. The summed E-state index contributed by atoms with van der Waals surface area (Å²) >= 11 is 0. The number of nitrogens with one attached hydrogen (secondary N) is 1. The Bertz CT molecular complexity index is 157. The maximum Gasteiger partial charge on any atom is -0.00468 e. The van der Waals surface area contributed by atoms with Crippen molar-refractivity contribution in [2.45, 2.75) is 68.2 Å². The lowest BCUT2D eigenvalue weighted by molar-refractivity contribution is 0.132. The molecule has 0 atom stereocenters. The topological polar surface area (TPSA) is 12.0 Å². The molecule has 0 aliphatic rings. The van der Waals surface area contributed by atoms with Crippen LogP contribution in [0, 0.1) is 16.7 Å². The van der Waals surface area contributed by atoms with Gasteiger partial charge in [0.1, 0.15) is 0 Å². The van der Waals surface area contributed by atoms with Crippen molar-refractivity contribution in [1.82, 2.24) is 5.32 Å². The van der Waals surface area contributed by atoms with E-state index < -0.39 is 0 Å². The summed E-state index contributed by atoms with van der Waals surface area (Å²) in [5.74, 6) is 0.761. The summed E-state index contributed by atoms with van der Waals surface area (Å²) in [6.45, 7) is 19.3. The van der Waals surface area contributed by atoms with Gasteiger partial charge in [0.2, 0.25) is 0 Å². The third-order valence-electron chi connectivity index (χ3n) is 3.55. The van der Waals surface area contributed by atoms with E-state index in [9.17, 15) is 0 Å². The van der Waals surface area contributed by atoms with Crippen LogP contribution in [0.4, 0.5) is 0 Å². The van der Waals surface area contributed by atoms with Crippen LogP contribution in [-0.2, 0) is 0 Å². The van der Waals surface area contributed by atoms with Crippen LogP contribution < -0.4 is 5.32 Å². The van der Waals surface area contributed by atoms with Gasteiger partial charge in [0, 0.05) is 0 Å². The van der Waals surface area contributed by atoms with Gasteiger partial charge in [-0.05, 0) is 43.2 Å². The van der Waals surface area contributed by atoms with Crippen LogP contribution in [0.15, 0.2) is 0 Å². The van der Waals surface area contributed by atoms with E-state index in [1.165, 1.54) is 12.8 Å². The largest absolute Gasteiger partial charge is 0.320 e. The Morgan fingerprint density at radius 2 is 1.44 bits per heavy atom. The molecule has 100 valence electrons. The molecule has 0 fully saturated rings. The van der Waals surface area contributed by atoms with E-state index in [-0.39, 0.29) is 0 Å². The van der Waals surface area contributed by atoms with Crippen molar-refractivity contribution >= 4 is 0 Å². The smallest absolute Gasteiger partial charge is 0.00468 e. The summed E-state index contributed by atoms with van der Waals surface area (Å²) in [4.78, 5) is 0. The van der Waals surface area contributed by atoms with Crippen molar-refractivity contribution in [1.29, 1.82) is 0 Å². The Kier molecular flexibility index (Phi) is 9.29. The van der Waals surface area contributed by atoms with Gasteiger partial charge >= 0.3 is 0 Å². The molecule has 0 saturated carbocycles. The molecule has 16 heavy (non-hydrogen) atoms. The van der Waals surface area contributed by atoms with Gasteiger partial charge in [-0.2, -0.15) is 0 Å². The van der Waals surface area contributed by atoms with Crippen molar-refractivity contribution < 1.29 is 0 Å². The fourth-order valence-electron chi connectivity index (χ4n) is 1.99. The predicted octanol–water partition coefficient (Wildman–Crippen LogP) is 4.72. The van der Waals surface area contributed by atoms with Crippen molar-refractivity contribution in [3.05, 3.63) is 0 Å². The van der Waals surface area contributed by atoms with E-state index in [0.29, 0.717) is 10.8 Å². The monoisotopic (exact) mass is 229 g/mol. The van der Waals surface area contributed by atoms with Gasteiger partial charge in [-0.25, -0.2) is 0 Å². The number of rotatable bonds is 6. The molecule has 0 spiro atoms. The lowest BCUT2D eigenvalue weighted by Crippen LogP contribution is -2.29. The van der Waals surface area contributed by atoms with Crippen LogP contribution in [0.3, 0.4) is 0 Å². The molecule has 0 bridgehead atoms. The first-order chi connectivity index (χ1) is 7.21. The molecular weight excluding hydrogens is 194 g/mol. The van der Waals surface area contributed by atoms with Crippen LogP contribution in [-0.4, -0.2) is 13.6 Å². The first kappa shape index (κ1) is 18.3. The Morgan fingerprint density at radius 3 is 1.75 bits per heavy atom. The first-order valence-electron chi connectivity index (χ1n) is 6.86. The molecule has 1 heteroatoms. The third kappa shape index (κ3) is 8.15. The summed E-state index contributed by atoms with van der Waals surface area (Å²) in [7, 11) is 2.03. The average molecular weight is 229 g/mol. The van der Waals surface area contributed by atoms with Gasteiger partial charge in [0.05, 0.1) is 0 Å². The molecule has 0 aliphatic heterocycles. The molecule has 0 amide bonds. The van der Waals surface area contributed by atoms with Crippen molar-refractivity contribution in [2.24, 2.45) is 16.7 Å². The molecule has 0 aromatic rings. The fourth-order valence-corrected chi connectivity index (χ4v) is 1.99. The zero-order valence-corrected chi connectivity index (χ0v) is 13.2. The summed E-state index contributed by atoms with van der Waals surface area (Å²) in [5.41, 5.74) is 0.911. The Morgan fingerprint density at radius 1 is 1.00 bits per heavy atom. The molecule has 0 aliphatic carbocycles. The Balaban J connectivity index is 0. The van der Waals surface area contributed by atoms with E-state index >= 15 is 0 Å². The molecule has 0 heterocycles. The van der Waals surface area contributed by atoms with Gasteiger partial charge in [-0.1, -0.05) is 55.4 Å². The van der Waals surface area contributed by atoms with Crippen LogP contribution in [0.2, 0.25) is 0 Å². The molecule has 0 aromatic heterocycles. The van der Waals surface area contributed by atoms with Gasteiger partial charge in [0.15, 0.2) is 0 Å². The van der Waals surface area contributed by atoms with Gasteiger partial charge in [0.25, 0.3) is 0 Å². The minimum atomic E-state index is 0.455. The summed E-state index contributed by atoms with van der Waals surface area (Å²) in [6.07, 6.45) is 2.57. The van der Waals surface area contributed by atoms with E-state index in [4.69, 9.17) is 0 Å². The highest BCUT2D eigenvalue weighted by atomic mass is 14.8. The summed E-state index contributed by atoms with van der Waals surface area (Å²) < 4.78 is 0. The van der Waals surface area contributed by atoms with Crippen LogP contribution in [0.1, 0.15) is 68.2 Å². The molecule has 0 unspecified atom stereocenters. The lowest BCUT2D eigenvalue weighted by atomic mass is 9.68. The average Bonchev–Trinajstić information content (AvgIpc) is 2.16. The molecule has 0 radical (unpaired) electrons. The van der Waals surface area contributed by atoms with Gasteiger partial charge in [-0.3, -0.25) is 0 Å². The minimum Gasteiger partial charge on any atom is -0.320 e. The molecule has 0 rings (SSSR count). The fraction of sp³-hybridized carbons (Fsp3) is 1.00. The van der Waals surface area contributed by atoms with Crippen LogP contribution in [0.25, 0.3) is 0 Å². The lowest BCUT2D eigenvalue weighted by Gasteiger charge is -2.38. The SMILES string of the molecule is CC.CNCCC(C)(C)CC(C)(C)C(C)C. The second-order valence-corrected chi connectivity index (χ2v) is 6.34. The van der Waals surface area contributed by atoms with E-state index in [2.05, 4.69) is 46.9 Å².